The highest BCUT2D eigenvalue weighted by molar-refractivity contribution is 5.92. The fourth-order valence-electron chi connectivity index (χ4n) is 3.32. The maximum Gasteiger partial charge on any atom is 0.319 e. The summed E-state index contributed by atoms with van der Waals surface area (Å²) in [5, 5.41) is 5.54. The lowest BCUT2D eigenvalue weighted by molar-refractivity contribution is 0.0702. The first-order valence-electron chi connectivity index (χ1n) is 9.32. The number of hydrogen-bond acceptors (Lipinski definition) is 3. The molecule has 2 N–H and O–H groups in total. The molecule has 0 fully saturated rings. The van der Waals surface area contributed by atoms with E-state index in [1.54, 1.807) is 29.2 Å². The molecule has 6 nitrogen and oxygen atoms in total. The number of halogens is 1. The molecule has 148 valence electrons. The minimum atomic E-state index is -0.353. The first-order chi connectivity index (χ1) is 14.1. The van der Waals surface area contributed by atoms with Crippen molar-refractivity contribution in [2.45, 2.75) is 19.5 Å². The van der Waals surface area contributed by atoms with E-state index < -0.39 is 0 Å². The lowest BCUT2D eigenvalue weighted by Gasteiger charge is -2.28. The standard InChI is InChI=1S/C22H20FN3O3/c23-18-6-3-15(4-7-18)13-24-22(28)25-19-8-5-16-9-10-26(14-17(16)12-19)21(27)20-2-1-11-29-20/h1-8,11-12H,9-10,13-14H2,(H2,24,25,28). The van der Waals surface area contributed by atoms with Crippen LogP contribution in [0.3, 0.4) is 0 Å². The van der Waals surface area contributed by atoms with E-state index in [4.69, 9.17) is 4.42 Å². The van der Waals surface area contributed by atoms with Crippen molar-refractivity contribution in [1.29, 1.82) is 0 Å². The van der Waals surface area contributed by atoms with Gasteiger partial charge in [-0.3, -0.25) is 4.79 Å². The van der Waals surface area contributed by atoms with E-state index in [0.717, 1.165) is 23.1 Å². The van der Waals surface area contributed by atoms with Crippen LogP contribution in [0.25, 0.3) is 0 Å². The van der Waals surface area contributed by atoms with E-state index in [-0.39, 0.29) is 17.8 Å². The van der Waals surface area contributed by atoms with Crippen LogP contribution in [0.4, 0.5) is 14.9 Å². The monoisotopic (exact) mass is 393 g/mol. The highest BCUT2D eigenvalue weighted by Gasteiger charge is 2.23. The molecular formula is C22H20FN3O3. The Morgan fingerprint density at radius 3 is 2.66 bits per heavy atom. The average Bonchev–Trinajstić information content (AvgIpc) is 3.27. The van der Waals surface area contributed by atoms with Crippen LogP contribution in [-0.2, 0) is 19.5 Å². The van der Waals surface area contributed by atoms with Gasteiger partial charge in [-0.1, -0.05) is 18.2 Å². The zero-order valence-electron chi connectivity index (χ0n) is 15.7. The molecule has 2 aromatic carbocycles. The van der Waals surface area contributed by atoms with Gasteiger partial charge in [-0.25, -0.2) is 9.18 Å². The number of nitrogens with zero attached hydrogens (tertiary/aromatic N) is 1. The summed E-state index contributed by atoms with van der Waals surface area (Å²) in [4.78, 5) is 26.4. The van der Waals surface area contributed by atoms with Crippen molar-refractivity contribution >= 4 is 17.6 Å². The first-order valence-corrected chi connectivity index (χ1v) is 9.32. The quantitative estimate of drug-likeness (QED) is 0.705. The summed E-state index contributed by atoms with van der Waals surface area (Å²) < 4.78 is 18.1. The number of carbonyl (C=O) groups excluding carboxylic acids is 2. The molecule has 0 spiro atoms. The fourth-order valence-corrected chi connectivity index (χ4v) is 3.32. The molecule has 0 radical (unpaired) electrons. The normalized spacial score (nSPS) is 12.9. The zero-order chi connectivity index (χ0) is 20.2. The van der Waals surface area contributed by atoms with Crippen LogP contribution in [0.2, 0.25) is 0 Å². The first kappa shape index (κ1) is 18.7. The molecule has 0 aliphatic carbocycles. The van der Waals surface area contributed by atoms with E-state index in [1.807, 2.05) is 18.2 Å². The molecule has 0 unspecified atom stereocenters. The van der Waals surface area contributed by atoms with Crippen LogP contribution in [0.1, 0.15) is 27.2 Å². The Hall–Kier alpha value is -3.61. The van der Waals surface area contributed by atoms with Crippen molar-refractivity contribution in [2.24, 2.45) is 0 Å². The maximum absolute atomic E-state index is 12.9. The van der Waals surface area contributed by atoms with Gasteiger partial charge < -0.3 is 20.0 Å². The third kappa shape index (κ3) is 4.45. The number of carbonyl (C=O) groups is 2. The number of furan rings is 1. The molecule has 2 heterocycles. The summed E-state index contributed by atoms with van der Waals surface area (Å²) in [6.07, 6.45) is 2.23. The Morgan fingerprint density at radius 1 is 1.07 bits per heavy atom. The molecule has 7 heteroatoms. The molecule has 3 aromatic rings. The van der Waals surface area contributed by atoms with Gasteiger partial charge in [0.05, 0.1) is 6.26 Å². The largest absolute Gasteiger partial charge is 0.459 e. The molecule has 1 aliphatic rings. The summed E-state index contributed by atoms with van der Waals surface area (Å²) in [5.74, 6) is -0.134. The summed E-state index contributed by atoms with van der Waals surface area (Å²) in [5.41, 5.74) is 3.60. The molecule has 0 atom stereocenters. The summed E-state index contributed by atoms with van der Waals surface area (Å²) in [6, 6.07) is 14.7. The Balaban J connectivity index is 1.37. The molecular weight excluding hydrogens is 373 g/mol. The van der Waals surface area contributed by atoms with Crippen molar-refractivity contribution < 1.29 is 18.4 Å². The van der Waals surface area contributed by atoms with Gasteiger partial charge in [-0.05, 0) is 59.5 Å². The molecule has 29 heavy (non-hydrogen) atoms. The van der Waals surface area contributed by atoms with E-state index in [1.165, 1.54) is 18.4 Å². The van der Waals surface area contributed by atoms with Gasteiger partial charge in [0.2, 0.25) is 0 Å². The second kappa shape index (κ2) is 8.18. The van der Waals surface area contributed by atoms with Crippen molar-refractivity contribution in [1.82, 2.24) is 10.2 Å². The van der Waals surface area contributed by atoms with Gasteiger partial charge in [0.15, 0.2) is 5.76 Å². The lowest BCUT2D eigenvalue weighted by atomic mass is 9.99. The summed E-state index contributed by atoms with van der Waals surface area (Å²) in [6.45, 7) is 1.38. The second-order valence-electron chi connectivity index (χ2n) is 6.87. The Kier molecular flexibility index (Phi) is 5.29. The predicted molar refractivity (Wildman–Crippen MR) is 106 cm³/mol. The third-order valence-electron chi connectivity index (χ3n) is 4.86. The predicted octanol–water partition coefficient (Wildman–Crippen LogP) is 3.94. The van der Waals surface area contributed by atoms with Gasteiger partial charge in [0, 0.05) is 25.3 Å². The molecule has 1 aliphatic heterocycles. The van der Waals surface area contributed by atoms with Crippen LogP contribution in [0.15, 0.2) is 65.3 Å². The Labute approximate surface area is 167 Å². The van der Waals surface area contributed by atoms with Crippen LogP contribution in [0, 0.1) is 5.82 Å². The van der Waals surface area contributed by atoms with Gasteiger partial charge in [-0.2, -0.15) is 0 Å². The Morgan fingerprint density at radius 2 is 1.90 bits per heavy atom. The fraction of sp³-hybridized carbons (Fsp3) is 0.182. The van der Waals surface area contributed by atoms with Crippen LogP contribution < -0.4 is 10.6 Å². The highest BCUT2D eigenvalue weighted by Crippen LogP contribution is 2.24. The van der Waals surface area contributed by atoms with Gasteiger partial charge in [0.1, 0.15) is 5.82 Å². The molecule has 0 saturated carbocycles. The summed E-state index contributed by atoms with van der Waals surface area (Å²) >= 11 is 0. The van der Waals surface area contributed by atoms with Gasteiger partial charge >= 0.3 is 6.03 Å². The number of amides is 3. The van der Waals surface area contributed by atoms with Gasteiger partial charge in [-0.15, -0.1) is 0 Å². The number of nitrogens with one attached hydrogen (secondary N) is 2. The van der Waals surface area contributed by atoms with E-state index in [9.17, 15) is 14.0 Å². The number of anilines is 1. The van der Waals surface area contributed by atoms with E-state index in [0.29, 0.717) is 31.1 Å². The second-order valence-corrected chi connectivity index (χ2v) is 6.87. The number of hydrogen-bond donors (Lipinski definition) is 2. The van der Waals surface area contributed by atoms with Crippen molar-refractivity contribution in [3.63, 3.8) is 0 Å². The maximum atomic E-state index is 12.9. The highest BCUT2D eigenvalue weighted by atomic mass is 19.1. The number of urea groups is 1. The third-order valence-corrected chi connectivity index (χ3v) is 4.86. The average molecular weight is 393 g/mol. The van der Waals surface area contributed by atoms with Crippen LogP contribution in [0.5, 0.6) is 0 Å². The van der Waals surface area contributed by atoms with Crippen molar-refractivity contribution in [2.75, 3.05) is 11.9 Å². The molecule has 0 bridgehead atoms. The van der Waals surface area contributed by atoms with Gasteiger partial charge in [0.25, 0.3) is 5.91 Å². The smallest absolute Gasteiger partial charge is 0.319 e. The topological polar surface area (TPSA) is 74.6 Å². The van der Waals surface area contributed by atoms with Crippen molar-refractivity contribution in [3.8, 4) is 0 Å². The van der Waals surface area contributed by atoms with E-state index >= 15 is 0 Å². The van der Waals surface area contributed by atoms with E-state index in [2.05, 4.69) is 10.6 Å². The molecule has 4 rings (SSSR count). The van der Waals surface area contributed by atoms with Crippen molar-refractivity contribution in [3.05, 3.63) is 89.1 Å². The Bertz CT molecular complexity index is 1020. The zero-order valence-corrected chi connectivity index (χ0v) is 15.7. The summed E-state index contributed by atoms with van der Waals surface area (Å²) in [7, 11) is 0. The van der Waals surface area contributed by atoms with Crippen LogP contribution >= 0.6 is 0 Å². The molecule has 3 amide bonds. The SMILES string of the molecule is O=C(NCc1ccc(F)cc1)Nc1ccc2c(c1)CN(C(=O)c1ccco1)CC2. The molecule has 1 aromatic heterocycles. The number of benzene rings is 2. The number of fused-ring (bicyclic) bond motifs is 1. The minimum Gasteiger partial charge on any atom is -0.459 e. The lowest BCUT2D eigenvalue weighted by Crippen LogP contribution is -2.36. The minimum absolute atomic E-state index is 0.143. The van der Waals surface area contributed by atoms with Crippen LogP contribution in [-0.4, -0.2) is 23.4 Å². The number of rotatable bonds is 4. The molecule has 0 saturated heterocycles.